The van der Waals surface area contributed by atoms with E-state index < -0.39 is 17.8 Å². The normalized spacial score (nSPS) is 15.0. The fraction of sp³-hybridized carbons (Fsp3) is 0.370. The van der Waals surface area contributed by atoms with Crippen molar-refractivity contribution in [3.63, 3.8) is 0 Å². The molecular weight excluding hydrogens is 557 g/mol. The third-order valence-corrected chi connectivity index (χ3v) is 6.25. The van der Waals surface area contributed by atoms with Crippen LogP contribution in [-0.4, -0.2) is 78.5 Å². The molecule has 218 valence electrons. The minimum atomic E-state index is -0.875. The highest BCUT2D eigenvalue weighted by atomic mass is 35.5. The number of nitrogens with zero attached hydrogens (tertiary/aromatic N) is 5. The van der Waals surface area contributed by atoms with Crippen LogP contribution in [0.2, 0.25) is 5.02 Å². The Kier molecular flexibility index (Phi) is 11.3. The van der Waals surface area contributed by atoms with Gasteiger partial charge in [0.1, 0.15) is 23.4 Å². The van der Waals surface area contributed by atoms with Gasteiger partial charge in [0, 0.05) is 35.1 Å². The number of nitrogens with two attached hydrogens (primary N) is 1. The van der Waals surface area contributed by atoms with Crippen molar-refractivity contribution in [2.24, 2.45) is 10.7 Å². The van der Waals surface area contributed by atoms with Crippen LogP contribution in [0.1, 0.15) is 22.9 Å². The van der Waals surface area contributed by atoms with E-state index in [4.69, 9.17) is 41.3 Å². The second kappa shape index (κ2) is 15.3. The van der Waals surface area contributed by atoms with Gasteiger partial charge in [0.25, 0.3) is 0 Å². The lowest BCUT2D eigenvalue weighted by molar-refractivity contribution is -0.136. The molecule has 41 heavy (non-hydrogen) atoms. The van der Waals surface area contributed by atoms with E-state index in [2.05, 4.69) is 20.6 Å². The third-order valence-electron chi connectivity index (χ3n) is 5.92. The van der Waals surface area contributed by atoms with Crippen molar-refractivity contribution in [3.8, 4) is 0 Å². The number of carbonyl (C=O) groups excluding carboxylic acids is 1. The molecule has 0 saturated heterocycles. The number of pyridine rings is 1. The number of carbonyl (C=O) groups is 1. The maximum absolute atomic E-state index is 13.8. The molecule has 3 aromatic rings. The zero-order valence-electron chi connectivity index (χ0n) is 22.5. The second-order valence-electron chi connectivity index (χ2n) is 8.77. The van der Waals surface area contributed by atoms with Crippen molar-refractivity contribution in [2.45, 2.75) is 19.2 Å². The topological polar surface area (TPSA) is 148 Å². The smallest absolute Gasteiger partial charge is 0.338 e. The van der Waals surface area contributed by atoms with E-state index in [1.807, 2.05) is 0 Å². The fourth-order valence-corrected chi connectivity index (χ4v) is 4.27. The highest BCUT2D eigenvalue weighted by Crippen LogP contribution is 2.36. The molecule has 4 rings (SSSR count). The van der Waals surface area contributed by atoms with Gasteiger partial charge in [0.15, 0.2) is 0 Å². The lowest BCUT2D eigenvalue weighted by atomic mass is 9.95. The first kappa shape index (κ1) is 30.2. The molecule has 3 N–H and O–H groups in total. The Balaban J connectivity index is 1.47. The number of hydrogen-bond donors (Lipinski definition) is 2. The van der Waals surface area contributed by atoms with Crippen LogP contribution in [0.25, 0.3) is 0 Å². The Morgan fingerprint density at radius 3 is 2.61 bits per heavy atom. The van der Waals surface area contributed by atoms with Gasteiger partial charge in [-0.05, 0) is 24.3 Å². The molecule has 0 saturated carbocycles. The molecule has 12 nitrogen and oxygen atoms in total. The van der Waals surface area contributed by atoms with E-state index in [1.54, 1.807) is 35.4 Å². The van der Waals surface area contributed by atoms with Crippen LogP contribution in [0.3, 0.4) is 0 Å². The van der Waals surface area contributed by atoms with Gasteiger partial charge in [0.05, 0.1) is 70.8 Å². The van der Waals surface area contributed by atoms with Gasteiger partial charge < -0.3 is 30.0 Å². The van der Waals surface area contributed by atoms with Gasteiger partial charge in [-0.1, -0.05) is 22.9 Å². The molecule has 0 aliphatic carbocycles. The number of methoxy groups -OCH3 is 1. The highest BCUT2D eigenvalue weighted by Gasteiger charge is 2.33. The lowest BCUT2D eigenvalue weighted by Crippen LogP contribution is -2.35. The average molecular weight is 588 g/mol. The van der Waals surface area contributed by atoms with Crippen molar-refractivity contribution in [1.29, 1.82) is 0 Å². The average Bonchev–Trinajstić information content (AvgIpc) is 3.44. The Labute approximate surface area is 241 Å². The van der Waals surface area contributed by atoms with Crippen LogP contribution in [0.4, 0.5) is 4.39 Å². The van der Waals surface area contributed by atoms with Gasteiger partial charge in [-0.2, -0.15) is 0 Å². The van der Waals surface area contributed by atoms with E-state index in [0.29, 0.717) is 62.3 Å². The van der Waals surface area contributed by atoms with Crippen LogP contribution in [-0.2, 0) is 36.9 Å². The lowest BCUT2D eigenvalue weighted by Gasteiger charge is -2.28. The summed E-state index contributed by atoms with van der Waals surface area (Å²) in [5.74, 6) is -0.670. The number of ether oxygens (including phenoxy) is 4. The number of halogens is 2. The fourth-order valence-electron chi connectivity index (χ4n) is 4.00. The van der Waals surface area contributed by atoms with Crippen molar-refractivity contribution < 1.29 is 28.1 Å². The number of esters is 1. The Hall–Kier alpha value is -3.75. The highest BCUT2D eigenvalue weighted by molar-refractivity contribution is 6.31. The van der Waals surface area contributed by atoms with Crippen molar-refractivity contribution in [2.75, 3.05) is 46.7 Å². The summed E-state index contributed by atoms with van der Waals surface area (Å²) in [7, 11) is 1.27. The zero-order valence-corrected chi connectivity index (χ0v) is 23.2. The van der Waals surface area contributed by atoms with Crippen molar-refractivity contribution in [3.05, 3.63) is 87.9 Å². The largest absolute Gasteiger partial charge is 0.466 e. The molecule has 1 aliphatic heterocycles. The minimum absolute atomic E-state index is 0.0113. The molecule has 1 atom stereocenters. The summed E-state index contributed by atoms with van der Waals surface area (Å²) in [5, 5.41) is 11.5. The monoisotopic (exact) mass is 587 g/mol. The standard InChI is InChI=1S/C27H31ClFN7O5/c1-38-27(37)24-23(17-41-16-20-15-36(35-34-20)9-11-40-13-12-39-10-6-30)32-26(18-4-7-31-8-5-18)33-25(24)21-3-2-19(29)14-22(21)28/h2-5,7-8,14-15,25H,6,9-13,16-17,30H2,1H3,(H,32,33). The van der Waals surface area contributed by atoms with Crippen LogP contribution in [0.15, 0.2) is 65.2 Å². The molecule has 0 bridgehead atoms. The number of aliphatic imine (C=N–C) groups is 1. The molecule has 1 unspecified atom stereocenters. The summed E-state index contributed by atoms with van der Waals surface area (Å²) >= 11 is 6.40. The first-order chi connectivity index (χ1) is 20.0. The zero-order chi connectivity index (χ0) is 29.0. The van der Waals surface area contributed by atoms with Gasteiger partial charge >= 0.3 is 5.97 Å². The van der Waals surface area contributed by atoms with Crippen LogP contribution in [0, 0.1) is 5.82 Å². The second-order valence-corrected chi connectivity index (χ2v) is 9.18. The van der Waals surface area contributed by atoms with Crippen molar-refractivity contribution in [1.82, 2.24) is 25.3 Å². The molecule has 0 radical (unpaired) electrons. The van der Waals surface area contributed by atoms with Crippen molar-refractivity contribution >= 4 is 23.4 Å². The summed E-state index contributed by atoms with van der Waals surface area (Å²) in [6.45, 7) is 2.98. The predicted octanol–water partition coefficient (Wildman–Crippen LogP) is 2.19. The number of aromatic nitrogens is 4. The Morgan fingerprint density at radius 2 is 1.88 bits per heavy atom. The summed E-state index contributed by atoms with van der Waals surface area (Å²) in [5.41, 5.74) is 7.74. The predicted molar refractivity (Wildman–Crippen MR) is 147 cm³/mol. The Bertz CT molecular complexity index is 1370. The maximum Gasteiger partial charge on any atom is 0.338 e. The Morgan fingerprint density at radius 1 is 1.10 bits per heavy atom. The summed E-state index contributed by atoms with van der Waals surface area (Å²) in [6.07, 6.45) is 5.00. The molecule has 0 amide bonds. The number of amidine groups is 1. The maximum atomic E-state index is 13.8. The van der Waals surface area contributed by atoms with Gasteiger partial charge in [-0.25, -0.2) is 13.9 Å². The van der Waals surface area contributed by atoms with Crippen LogP contribution < -0.4 is 11.1 Å². The summed E-state index contributed by atoms with van der Waals surface area (Å²) < 4.78 is 37.3. The molecule has 3 heterocycles. The third kappa shape index (κ3) is 8.38. The number of rotatable bonds is 15. The van der Waals surface area contributed by atoms with E-state index >= 15 is 0 Å². The number of nitrogens with one attached hydrogen (secondary N) is 1. The van der Waals surface area contributed by atoms with Gasteiger partial charge in [-0.3, -0.25) is 9.98 Å². The molecule has 14 heteroatoms. The minimum Gasteiger partial charge on any atom is -0.466 e. The van der Waals surface area contributed by atoms with Crippen LogP contribution >= 0.6 is 11.6 Å². The molecule has 1 aliphatic rings. The van der Waals surface area contributed by atoms with Crippen LogP contribution in [0.5, 0.6) is 0 Å². The first-order valence-corrected chi connectivity index (χ1v) is 13.2. The molecular formula is C27H31ClFN7O5. The molecule has 0 fully saturated rings. The molecule has 0 spiro atoms. The van der Waals surface area contributed by atoms with E-state index in [0.717, 1.165) is 5.56 Å². The van der Waals surface area contributed by atoms with Gasteiger partial charge in [-0.15, -0.1) is 5.10 Å². The summed E-state index contributed by atoms with van der Waals surface area (Å²) in [6, 6.07) is 6.60. The molecule has 1 aromatic carbocycles. The quantitative estimate of drug-likeness (QED) is 0.200. The number of benzene rings is 1. The van der Waals surface area contributed by atoms with E-state index in [1.165, 1.54) is 25.3 Å². The first-order valence-electron chi connectivity index (χ1n) is 12.8. The SMILES string of the molecule is COC(=O)C1=C(COCc2cn(CCOCCOCCN)nn2)NC(c2ccncc2)=NC1c1ccc(F)cc1Cl. The van der Waals surface area contributed by atoms with E-state index in [9.17, 15) is 9.18 Å². The van der Waals surface area contributed by atoms with Gasteiger partial charge in [0.2, 0.25) is 0 Å². The molecule has 2 aromatic heterocycles. The summed E-state index contributed by atoms with van der Waals surface area (Å²) in [4.78, 5) is 21.8. The number of hydrogen-bond acceptors (Lipinski definition) is 11. The van der Waals surface area contributed by atoms with E-state index in [-0.39, 0.29) is 23.8 Å².